The molecule has 0 aliphatic rings. The summed E-state index contributed by atoms with van der Waals surface area (Å²) in [5, 5.41) is 1.88. The SMILES string of the molecule is CCOc1ccc(N)c(SCc2ccsc2C(=O)NN)c1. The number of ether oxygens (including phenoxy) is 1. The van der Waals surface area contributed by atoms with Crippen LogP contribution in [0.15, 0.2) is 34.5 Å². The summed E-state index contributed by atoms with van der Waals surface area (Å²) in [6.45, 7) is 2.55. The highest BCUT2D eigenvalue weighted by Crippen LogP contribution is 2.33. The van der Waals surface area contributed by atoms with Gasteiger partial charge in [-0.25, -0.2) is 5.84 Å². The third-order valence-corrected chi connectivity index (χ3v) is 4.84. The summed E-state index contributed by atoms with van der Waals surface area (Å²) in [6, 6.07) is 7.51. The first-order valence-corrected chi connectivity index (χ1v) is 8.24. The number of anilines is 1. The molecule has 1 amide bonds. The van der Waals surface area contributed by atoms with E-state index >= 15 is 0 Å². The lowest BCUT2D eigenvalue weighted by Gasteiger charge is -2.09. The van der Waals surface area contributed by atoms with Gasteiger partial charge in [0.1, 0.15) is 5.75 Å². The molecule has 21 heavy (non-hydrogen) atoms. The summed E-state index contributed by atoms with van der Waals surface area (Å²) >= 11 is 2.94. The van der Waals surface area contributed by atoms with Crippen molar-refractivity contribution >= 4 is 34.7 Å². The Morgan fingerprint density at radius 1 is 1.43 bits per heavy atom. The van der Waals surface area contributed by atoms with Gasteiger partial charge in [-0.3, -0.25) is 10.2 Å². The second kappa shape index (κ2) is 7.35. The Balaban J connectivity index is 2.11. The van der Waals surface area contributed by atoms with E-state index in [0.29, 0.717) is 22.9 Å². The van der Waals surface area contributed by atoms with Gasteiger partial charge in [-0.05, 0) is 42.1 Å². The molecule has 0 spiro atoms. The maximum atomic E-state index is 11.6. The van der Waals surface area contributed by atoms with Crippen LogP contribution in [0.3, 0.4) is 0 Å². The van der Waals surface area contributed by atoms with Gasteiger partial charge in [-0.1, -0.05) is 0 Å². The van der Waals surface area contributed by atoms with Crippen molar-refractivity contribution in [2.75, 3.05) is 12.3 Å². The zero-order valence-corrected chi connectivity index (χ0v) is 13.2. The second-order valence-corrected chi connectivity index (χ2v) is 6.10. The van der Waals surface area contributed by atoms with Crippen LogP contribution in [-0.2, 0) is 5.75 Å². The molecule has 5 N–H and O–H groups in total. The molecular formula is C14H17N3O2S2. The van der Waals surface area contributed by atoms with Crippen LogP contribution in [0.4, 0.5) is 5.69 Å². The highest BCUT2D eigenvalue weighted by atomic mass is 32.2. The van der Waals surface area contributed by atoms with E-state index in [0.717, 1.165) is 16.2 Å². The number of thiophene rings is 1. The van der Waals surface area contributed by atoms with Crippen molar-refractivity contribution in [3.63, 3.8) is 0 Å². The van der Waals surface area contributed by atoms with E-state index < -0.39 is 0 Å². The maximum absolute atomic E-state index is 11.6. The molecule has 0 radical (unpaired) electrons. The number of nitrogens with one attached hydrogen (secondary N) is 1. The van der Waals surface area contributed by atoms with Gasteiger partial charge < -0.3 is 10.5 Å². The molecule has 5 nitrogen and oxygen atoms in total. The lowest BCUT2D eigenvalue weighted by Crippen LogP contribution is -2.29. The third-order valence-electron chi connectivity index (χ3n) is 2.76. The van der Waals surface area contributed by atoms with Gasteiger partial charge >= 0.3 is 0 Å². The average Bonchev–Trinajstić information content (AvgIpc) is 2.95. The lowest BCUT2D eigenvalue weighted by atomic mass is 10.3. The molecule has 7 heteroatoms. The summed E-state index contributed by atoms with van der Waals surface area (Å²) in [7, 11) is 0. The van der Waals surface area contributed by atoms with E-state index in [9.17, 15) is 4.79 Å². The van der Waals surface area contributed by atoms with Crippen molar-refractivity contribution in [1.29, 1.82) is 0 Å². The van der Waals surface area contributed by atoms with Crippen molar-refractivity contribution in [3.8, 4) is 5.75 Å². The number of thioether (sulfide) groups is 1. The molecule has 1 aromatic heterocycles. The fourth-order valence-corrected chi connectivity index (χ4v) is 3.67. The first-order valence-electron chi connectivity index (χ1n) is 6.38. The van der Waals surface area contributed by atoms with Gasteiger partial charge in [0.05, 0.1) is 11.5 Å². The Bertz CT molecular complexity index is 628. The Labute approximate surface area is 131 Å². The van der Waals surface area contributed by atoms with E-state index in [2.05, 4.69) is 5.43 Å². The highest BCUT2D eigenvalue weighted by Gasteiger charge is 2.13. The Kier molecular flexibility index (Phi) is 5.49. The number of hydrogen-bond donors (Lipinski definition) is 3. The molecule has 0 aliphatic heterocycles. The molecule has 0 atom stereocenters. The summed E-state index contributed by atoms with van der Waals surface area (Å²) < 4.78 is 5.47. The molecule has 0 unspecified atom stereocenters. The van der Waals surface area contributed by atoms with Crippen LogP contribution in [0.1, 0.15) is 22.2 Å². The monoisotopic (exact) mass is 323 g/mol. The molecule has 0 aliphatic carbocycles. The normalized spacial score (nSPS) is 10.4. The second-order valence-electron chi connectivity index (χ2n) is 4.17. The van der Waals surface area contributed by atoms with Gasteiger partial charge in [0.2, 0.25) is 0 Å². The minimum Gasteiger partial charge on any atom is -0.494 e. The lowest BCUT2D eigenvalue weighted by molar-refractivity contribution is 0.0957. The Morgan fingerprint density at radius 2 is 2.24 bits per heavy atom. The van der Waals surface area contributed by atoms with E-state index in [1.165, 1.54) is 11.3 Å². The first-order chi connectivity index (χ1) is 10.2. The van der Waals surface area contributed by atoms with Gasteiger partial charge in [-0.2, -0.15) is 0 Å². The molecule has 2 aromatic rings. The zero-order chi connectivity index (χ0) is 15.2. The van der Waals surface area contributed by atoms with Gasteiger partial charge in [0, 0.05) is 16.3 Å². The zero-order valence-electron chi connectivity index (χ0n) is 11.6. The van der Waals surface area contributed by atoms with Crippen molar-refractivity contribution in [2.45, 2.75) is 17.6 Å². The first kappa shape index (κ1) is 15.7. The van der Waals surface area contributed by atoms with E-state index in [-0.39, 0.29) is 5.91 Å². The van der Waals surface area contributed by atoms with Crippen molar-refractivity contribution in [3.05, 3.63) is 40.1 Å². The Morgan fingerprint density at radius 3 is 2.95 bits per heavy atom. The number of hydrogen-bond acceptors (Lipinski definition) is 6. The van der Waals surface area contributed by atoms with Crippen LogP contribution in [0.25, 0.3) is 0 Å². The van der Waals surface area contributed by atoms with Crippen LogP contribution in [0, 0.1) is 0 Å². The third kappa shape index (κ3) is 3.90. The highest BCUT2D eigenvalue weighted by molar-refractivity contribution is 7.98. The van der Waals surface area contributed by atoms with Crippen LogP contribution < -0.4 is 21.7 Å². The summed E-state index contributed by atoms with van der Waals surface area (Å²) in [5.41, 5.74) is 9.77. The average molecular weight is 323 g/mol. The Hall–Kier alpha value is -1.70. The predicted octanol–water partition coefficient (Wildman–Crippen LogP) is 2.62. The number of carbonyl (C=O) groups is 1. The number of benzene rings is 1. The molecule has 0 bridgehead atoms. The minimum absolute atomic E-state index is 0.267. The summed E-state index contributed by atoms with van der Waals surface area (Å²) in [5.74, 6) is 6.35. The molecule has 1 heterocycles. The molecule has 1 aromatic carbocycles. The van der Waals surface area contributed by atoms with E-state index in [1.807, 2.05) is 36.6 Å². The maximum Gasteiger partial charge on any atom is 0.275 e. The molecular weight excluding hydrogens is 306 g/mol. The van der Waals surface area contributed by atoms with Crippen LogP contribution in [0.2, 0.25) is 0 Å². The summed E-state index contributed by atoms with van der Waals surface area (Å²) in [4.78, 5) is 13.2. The fourth-order valence-electron chi connectivity index (χ4n) is 1.77. The number of amides is 1. The number of nitrogens with two attached hydrogens (primary N) is 2. The number of rotatable bonds is 6. The fraction of sp³-hybridized carbons (Fsp3) is 0.214. The van der Waals surface area contributed by atoms with Crippen LogP contribution in [-0.4, -0.2) is 12.5 Å². The quantitative estimate of drug-likeness (QED) is 0.250. The smallest absolute Gasteiger partial charge is 0.275 e. The standard InChI is InChI=1S/C14H17N3O2S2/c1-2-19-10-3-4-11(15)12(7-10)21-8-9-5-6-20-13(9)14(18)17-16/h3-7H,2,8,15-16H2,1H3,(H,17,18). The van der Waals surface area contributed by atoms with Gasteiger partial charge in [0.15, 0.2) is 0 Å². The summed E-state index contributed by atoms with van der Waals surface area (Å²) in [6.07, 6.45) is 0. The molecule has 0 fully saturated rings. The molecule has 2 rings (SSSR count). The van der Waals surface area contributed by atoms with Gasteiger partial charge in [0.25, 0.3) is 5.91 Å². The van der Waals surface area contributed by atoms with Crippen molar-refractivity contribution in [1.82, 2.24) is 5.43 Å². The number of hydrazine groups is 1. The molecule has 0 saturated carbocycles. The van der Waals surface area contributed by atoms with E-state index in [1.54, 1.807) is 11.8 Å². The van der Waals surface area contributed by atoms with Crippen LogP contribution >= 0.6 is 23.1 Å². The molecule has 112 valence electrons. The van der Waals surface area contributed by atoms with Gasteiger partial charge in [-0.15, -0.1) is 23.1 Å². The predicted molar refractivity (Wildman–Crippen MR) is 87.6 cm³/mol. The van der Waals surface area contributed by atoms with E-state index in [4.69, 9.17) is 16.3 Å². The minimum atomic E-state index is -0.267. The number of carbonyl (C=O) groups excluding carboxylic acids is 1. The largest absolute Gasteiger partial charge is 0.494 e. The van der Waals surface area contributed by atoms with Crippen molar-refractivity contribution < 1.29 is 9.53 Å². The molecule has 0 saturated heterocycles. The number of nitrogen functional groups attached to an aromatic ring is 2. The van der Waals surface area contributed by atoms with Crippen LogP contribution in [0.5, 0.6) is 5.75 Å². The topological polar surface area (TPSA) is 90.4 Å². The van der Waals surface area contributed by atoms with Crippen molar-refractivity contribution in [2.24, 2.45) is 5.84 Å².